The van der Waals surface area contributed by atoms with Crippen molar-refractivity contribution < 1.29 is 9.32 Å². The first kappa shape index (κ1) is 16.8. The van der Waals surface area contributed by atoms with Gasteiger partial charge in [0, 0.05) is 17.7 Å². The van der Waals surface area contributed by atoms with Gasteiger partial charge in [0.2, 0.25) is 0 Å². The third-order valence-corrected chi connectivity index (χ3v) is 4.21. The zero-order valence-corrected chi connectivity index (χ0v) is 14.8. The lowest BCUT2D eigenvalue weighted by molar-refractivity contribution is 0.101. The molecule has 0 radical (unpaired) electrons. The molecule has 2 heterocycles. The number of carbonyl (C=O) groups is 1. The monoisotopic (exact) mass is 358 g/mol. The molecule has 2 aromatic heterocycles. The van der Waals surface area contributed by atoms with Crippen molar-refractivity contribution in [2.24, 2.45) is 0 Å². The molecule has 1 amide bonds. The van der Waals surface area contributed by atoms with Gasteiger partial charge in [0.1, 0.15) is 5.82 Å². The lowest BCUT2D eigenvalue weighted by Gasteiger charge is -2.08. The molecule has 0 spiro atoms. The zero-order chi connectivity index (χ0) is 18.6. The van der Waals surface area contributed by atoms with Gasteiger partial charge in [0.05, 0.1) is 12.7 Å². The molecule has 0 fully saturated rings. The van der Waals surface area contributed by atoms with E-state index in [1.54, 1.807) is 23.0 Å². The van der Waals surface area contributed by atoms with E-state index in [0.29, 0.717) is 18.1 Å². The molecule has 0 atom stereocenters. The van der Waals surface area contributed by atoms with E-state index in [1.807, 2.05) is 61.5 Å². The average molecular weight is 358 g/mol. The van der Waals surface area contributed by atoms with Crippen LogP contribution in [0, 0.1) is 6.92 Å². The maximum Gasteiger partial charge on any atom is 0.279 e. The van der Waals surface area contributed by atoms with Gasteiger partial charge in [-0.3, -0.25) is 4.79 Å². The number of hydrogen-bond donors (Lipinski definition) is 1. The maximum absolute atomic E-state index is 12.5. The lowest BCUT2D eigenvalue weighted by atomic mass is 10.1. The molecule has 4 aromatic rings. The first-order chi connectivity index (χ1) is 13.2. The number of amides is 1. The number of hydrogen-bond acceptors (Lipinski definition) is 4. The summed E-state index contributed by atoms with van der Waals surface area (Å²) < 4.78 is 7.05. The van der Waals surface area contributed by atoms with Gasteiger partial charge in [-0.1, -0.05) is 65.3 Å². The predicted octanol–water partition coefficient (Wildman–Crippen LogP) is 4.15. The normalized spacial score (nSPS) is 10.7. The first-order valence-electron chi connectivity index (χ1n) is 8.60. The van der Waals surface area contributed by atoms with Crippen molar-refractivity contribution in [1.82, 2.24) is 14.9 Å². The van der Waals surface area contributed by atoms with E-state index in [0.717, 1.165) is 16.7 Å². The minimum absolute atomic E-state index is 0.220. The van der Waals surface area contributed by atoms with E-state index in [9.17, 15) is 4.79 Å². The fourth-order valence-corrected chi connectivity index (χ4v) is 2.74. The third-order valence-electron chi connectivity index (χ3n) is 4.21. The molecule has 0 aliphatic carbocycles. The molecule has 2 aromatic carbocycles. The van der Waals surface area contributed by atoms with Crippen molar-refractivity contribution in [3.05, 3.63) is 89.7 Å². The number of aromatic nitrogens is 3. The van der Waals surface area contributed by atoms with Gasteiger partial charge in [-0.2, -0.15) is 5.10 Å². The van der Waals surface area contributed by atoms with Crippen LogP contribution in [0.5, 0.6) is 0 Å². The quantitative estimate of drug-likeness (QED) is 0.582. The Balaban J connectivity index is 1.49. The first-order valence-corrected chi connectivity index (χ1v) is 8.60. The van der Waals surface area contributed by atoms with Crippen LogP contribution in [-0.4, -0.2) is 20.8 Å². The number of anilines is 1. The number of carbonyl (C=O) groups excluding carboxylic acids is 1. The number of nitrogens with zero attached hydrogens (tertiary/aromatic N) is 3. The van der Waals surface area contributed by atoms with Gasteiger partial charge < -0.3 is 9.84 Å². The fourth-order valence-electron chi connectivity index (χ4n) is 2.74. The molecule has 0 bridgehead atoms. The standard InChI is InChI=1S/C21H18N4O2/c1-15-7-9-17(10-8-15)19-13-18(24-27-19)21(26)23-20-11-12-22-25(20)14-16-5-3-2-4-6-16/h2-13H,14H2,1H3,(H,23,26). The van der Waals surface area contributed by atoms with E-state index in [4.69, 9.17) is 4.52 Å². The van der Waals surface area contributed by atoms with Gasteiger partial charge in [-0.05, 0) is 12.5 Å². The van der Waals surface area contributed by atoms with Crippen LogP contribution in [0.15, 0.2) is 77.4 Å². The molecule has 1 N–H and O–H groups in total. The Bertz CT molecular complexity index is 1050. The van der Waals surface area contributed by atoms with Crippen LogP contribution >= 0.6 is 0 Å². The predicted molar refractivity (Wildman–Crippen MR) is 102 cm³/mol. The Morgan fingerprint density at radius 1 is 1.07 bits per heavy atom. The van der Waals surface area contributed by atoms with Crippen LogP contribution in [0.25, 0.3) is 11.3 Å². The Hall–Kier alpha value is -3.67. The Morgan fingerprint density at radius 2 is 1.85 bits per heavy atom. The lowest BCUT2D eigenvalue weighted by Crippen LogP contribution is -2.16. The fraction of sp³-hybridized carbons (Fsp3) is 0.0952. The largest absolute Gasteiger partial charge is 0.355 e. The summed E-state index contributed by atoms with van der Waals surface area (Å²) in [5, 5.41) is 11.0. The average Bonchev–Trinajstić information content (AvgIpc) is 3.33. The summed E-state index contributed by atoms with van der Waals surface area (Å²) in [6, 6.07) is 21.2. The van der Waals surface area contributed by atoms with Crippen LogP contribution in [-0.2, 0) is 6.54 Å². The summed E-state index contributed by atoms with van der Waals surface area (Å²) in [6.45, 7) is 2.58. The summed E-state index contributed by atoms with van der Waals surface area (Å²) in [5.74, 6) is 0.814. The highest BCUT2D eigenvalue weighted by Gasteiger charge is 2.15. The van der Waals surface area contributed by atoms with E-state index >= 15 is 0 Å². The summed E-state index contributed by atoms with van der Waals surface area (Å²) in [6.07, 6.45) is 1.65. The van der Waals surface area contributed by atoms with Gasteiger partial charge in [0.15, 0.2) is 11.5 Å². The molecule has 27 heavy (non-hydrogen) atoms. The SMILES string of the molecule is Cc1ccc(-c2cc(C(=O)Nc3ccnn3Cc3ccccc3)no2)cc1. The van der Waals surface area contributed by atoms with Crippen molar-refractivity contribution in [1.29, 1.82) is 0 Å². The van der Waals surface area contributed by atoms with Gasteiger partial charge in [-0.25, -0.2) is 4.68 Å². The number of benzene rings is 2. The Morgan fingerprint density at radius 3 is 2.63 bits per heavy atom. The molecule has 6 nitrogen and oxygen atoms in total. The summed E-state index contributed by atoms with van der Waals surface area (Å²) >= 11 is 0. The number of rotatable bonds is 5. The van der Waals surface area contributed by atoms with E-state index in [1.165, 1.54) is 0 Å². The molecule has 0 aliphatic heterocycles. The number of nitrogens with one attached hydrogen (secondary N) is 1. The molecular weight excluding hydrogens is 340 g/mol. The second-order valence-electron chi connectivity index (χ2n) is 6.26. The van der Waals surface area contributed by atoms with Gasteiger partial charge >= 0.3 is 0 Å². The summed E-state index contributed by atoms with van der Waals surface area (Å²) in [5.41, 5.74) is 3.35. The van der Waals surface area contributed by atoms with Crippen molar-refractivity contribution >= 4 is 11.7 Å². The Labute approximate surface area is 156 Å². The molecule has 6 heteroatoms. The second-order valence-corrected chi connectivity index (χ2v) is 6.26. The highest BCUT2D eigenvalue weighted by atomic mass is 16.5. The van der Waals surface area contributed by atoms with Gasteiger partial charge in [-0.15, -0.1) is 0 Å². The molecule has 134 valence electrons. The summed E-state index contributed by atoms with van der Waals surface area (Å²) in [4.78, 5) is 12.5. The third kappa shape index (κ3) is 3.79. The minimum Gasteiger partial charge on any atom is -0.355 e. The van der Waals surface area contributed by atoms with Crippen LogP contribution < -0.4 is 5.32 Å². The van der Waals surface area contributed by atoms with Crippen molar-refractivity contribution in [3.63, 3.8) is 0 Å². The number of aryl methyl sites for hydroxylation is 1. The Kier molecular flexibility index (Phi) is 4.53. The van der Waals surface area contributed by atoms with E-state index in [2.05, 4.69) is 15.6 Å². The van der Waals surface area contributed by atoms with E-state index < -0.39 is 0 Å². The maximum atomic E-state index is 12.5. The van der Waals surface area contributed by atoms with Crippen LogP contribution in [0.4, 0.5) is 5.82 Å². The van der Waals surface area contributed by atoms with E-state index in [-0.39, 0.29) is 11.6 Å². The minimum atomic E-state index is -0.341. The van der Waals surface area contributed by atoms with Crippen molar-refractivity contribution in [2.45, 2.75) is 13.5 Å². The molecule has 0 saturated heterocycles. The van der Waals surface area contributed by atoms with Crippen molar-refractivity contribution in [2.75, 3.05) is 5.32 Å². The highest BCUT2D eigenvalue weighted by Crippen LogP contribution is 2.21. The molecule has 0 unspecified atom stereocenters. The molecule has 0 aliphatic rings. The highest BCUT2D eigenvalue weighted by molar-refractivity contribution is 6.02. The topological polar surface area (TPSA) is 73.0 Å². The molecular formula is C21H18N4O2. The van der Waals surface area contributed by atoms with Crippen LogP contribution in [0.2, 0.25) is 0 Å². The second kappa shape index (κ2) is 7.29. The summed E-state index contributed by atoms with van der Waals surface area (Å²) in [7, 11) is 0. The van der Waals surface area contributed by atoms with Gasteiger partial charge in [0.25, 0.3) is 5.91 Å². The molecule has 0 saturated carbocycles. The molecule has 4 rings (SSSR count). The zero-order valence-electron chi connectivity index (χ0n) is 14.8. The van der Waals surface area contributed by atoms with Crippen molar-refractivity contribution in [3.8, 4) is 11.3 Å². The van der Waals surface area contributed by atoms with Crippen LogP contribution in [0.1, 0.15) is 21.6 Å². The smallest absolute Gasteiger partial charge is 0.279 e. The van der Waals surface area contributed by atoms with Crippen LogP contribution in [0.3, 0.4) is 0 Å².